The maximum atomic E-state index is 9.27. The van der Waals surface area contributed by atoms with Crippen LogP contribution in [0.2, 0.25) is 5.02 Å². The highest BCUT2D eigenvalue weighted by Gasteiger charge is 2.14. The van der Waals surface area contributed by atoms with Crippen molar-refractivity contribution in [3.8, 4) is 28.5 Å². The van der Waals surface area contributed by atoms with Gasteiger partial charge in [0.25, 0.3) is 0 Å². The fourth-order valence-electron chi connectivity index (χ4n) is 2.12. The number of aromatic nitrogens is 3. The van der Waals surface area contributed by atoms with Gasteiger partial charge < -0.3 is 5.73 Å². The van der Waals surface area contributed by atoms with Gasteiger partial charge in [0.1, 0.15) is 6.07 Å². The molecule has 2 heterocycles. The lowest BCUT2D eigenvalue weighted by molar-refractivity contribution is 1.09. The lowest BCUT2D eigenvalue weighted by Gasteiger charge is -2.10. The molecular formula is C15H10ClN5. The third kappa shape index (κ3) is 2.33. The third-order valence-electron chi connectivity index (χ3n) is 3.14. The normalized spacial score (nSPS) is 10.3. The Kier molecular flexibility index (Phi) is 3.30. The first kappa shape index (κ1) is 13.2. The molecule has 0 amide bonds. The number of anilines is 1. The number of pyridine rings is 1. The van der Waals surface area contributed by atoms with Crippen LogP contribution in [0.15, 0.2) is 42.9 Å². The lowest BCUT2D eigenvalue weighted by Crippen LogP contribution is -1.96. The molecule has 3 rings (SSSR count). The monoisotopic (exact) mass is 295 g/mol. The third-order valence-corrected chi connectivity index (χ3v) is 3.45. The molecule has 0 radical (unpaired) electrons. The van der Waals surface area contributed by atoms with Gasteiger partial charge in [0, 0.05) is 29.1 Å². The molecule has 0 aliphatic carbocycles. The summed E-state index contributed by atoms with van der Waals surface area (Å²) in [6.07, 6.45) is 5.02. The Labute approximate surface area is 126 Å². The maximum Gasteiger partial charge on any atom is 0.101 e. The van der Waals surface area contributed by atoms with E-state index >= 15 is 0 Å². The zero-order valence-electron chi connectivity index (χ0n) is 10.8. The van der Waals surface area contributed by atoms with Crippen molar-refractivity contribution in [3.63, 3.8) is 0 Å². The van der Waals surface area contributed by atoms with Crippen LogP contribution in [0.1, 0.15) is 5.56 Å². The predicted molar refractivity (Wildman–Crippen MR) is 81.4 cm³/mol. The number of nitriles is 1. The quantitative estimate of drug-likeness (QED) is 0.710. The lowest BCUT2D eigenvalue weighted by atomic mass is 9.98. The second-order valence-electron chi connectivity index (χ2n) is 4.42. The van der Waals surface area contributed by atoms with Gasteiger partial charge in [-0.2, -0.15) is 10.4 Å². The van der Waals surface area contributed by atoms with Gasteiger partial charge in [-0.15, -0.1) is 0 Å². The Hall–Kier alpha value is -2.84. The minimum absolute atomic E-state index is 0.380. The van der Waals surface area contributed by atoms with Crippen LogP contribution in [0.25, 0.3) is 22.4 Å². The Morgan fingerprint density at radius 2 is 2.14 bits per heavy atom. The minimum atomic E-state index is 0.380. The molecule has 0 saturated carbocycles. The van der Waals surface area contributed by atoms with E-state index in [-0.39, 0.29) is 0 Å². The van der Waals surface area contributed by atoms with Crippen molar-refractivity contribution in [3.05, 3.63) is 53.4 Å². The van der Waals surface area contributed by atoms with Crippen molar-refractivity contribution in [2.75, 3.05) is 5.73 Å². The van der Waals surface area contributed by atoms with Gasteiger partial charge >= 0.3 is 0 Å². The number of H-pyrrole nitrogens is 1. The largest absolute Gasteiger partial charge is 0.397 e. The number of nitrogen functional groups attached to an aromatic ring is 1. The number of hydrogen-bond donors (Lipinski definition) is 2. The SMILES string of the molecule is N#Cc1cc(-c2ncccc2Cl)cc(-c2cn[nH]c2)c1N. The van der Waals surface area contributed by atoms with Crippen molar-refractivity contribution in [2.45, 2.75) is 0 Å². The fraction of sp³-hybridized carbons (Fsp3) is 0. The van der Waals surface area contributed by atoms with E-state index in [1.54, 1.807) is 36.8 Å². The van der Waals surface area contributed by atoms with Gasteiger partial charge in [-0.05, 0) is 24.3 Å². The summed E-state index contributed by atoms with van der Waals surface area (Å²) in [7, 11) is 0. The molecule has 0 atom stereocenters. The van der Waals surface area contributed by atoms with E-state index in [1.807, 2.05) is 6.07 Å². The molecule has 0 bridgehead atoms. The van der Waals surface area contributed by atoms with Crippen LogP contribution < -0.4 is 5.73 Å². The first-order valence-corrected chi connectivity index (χ1v) is 6.52. The smallest absolute Gasteiger partial charge is 0.101 e. The topological polar surface area (TPSA) is 91.4 Å². The number of hydrogen-bond acceptors (Lipinski definition) is 4. The standard InChI is InChI=1S/C15H10ClN5/c16-13-2-1-3-19-15(13)9-4-10(6-17)14(18)12(5-9)11-7-20-21-8-11/h1-5,7-8H,18H2,(H,20,21). The highest BCUT2D eigenvalue weighted by atomic mass is 35.5. The number of halogens is 1. The zero-order chi connectivity index (χ0) is 14.8. The Bertz CT molecular complexity index is 834. The molecule has 5 nitrogen and oxygen atoms in total. The predicted octanol–water partition coefficient (Wildman–Crippen LogP) is 3.25. The van der Waals surface area contributed by atoms with Crippen molar-refractivity contribution in [2.24, 2.45) is 0 Å². The minimum Gasteiger partial charge on any atom is -0.397 e. The van der Waals surface area contributed by atoms with E-state index in [2.05, 4.69) is 21.3 Å². The number of aromatic amines is 1. The van der Waals surface area contributed by atoms with Crippen LogP contribution in [0.3, 0.4) is 0 Å². The fourth-order valence-corrected chi connectivity index (χ4v) is 2.35. The molecule has 0 fully saturated rings. The van der Waals surface area contributed by atoms with Crippen LogP contribution in [0.4, 0.5) is 5.69 Å². The summed E-state index contributed by atoms with van der Waals surface area (Å²) in [5, 5.41) is 16.4. The summed E-state index contributed by atoms with van der Waals surface area (Å²) < 4.78 is 0. The molecule has 6 heteroatoms. The average Bonchev–Trinajstić information content (AvgIpc) is 3.02. The molecule has 0 aliphatic heterocycles. The molecule has 21 heavy (non-hydrogen) atoms. The first-order chi connectivity index (χ1) is 10.2. The Balaban J connectivity index is 2.27. The van der Waals surface area contributed by atoms with E-state index < -0.39 is 0 Å². The van der Waals surface area contributed by atoms with Crippen LogP contribution in [0.5, 0.6) is 0 Å². The number of nitrogens with two attached hydrogens (primary N) is 1. The van der Waals surface area contributed by atoms with E-state index in [4.69, 9.17) is 17.3 Å². The molecule has 1 aromatic carbocycles. The maximum absolute atomic E-state index is 9.27. The van der Waals surface area contributed by atoms with Crippen molar-refractivity contribution in [1.82, 2.24) is 15.2 Å². The van der Waals surface area contributed by atoms with Crippen molar-refractivity contribution >= 4 is 17.3 Å². The van der Waals surface area contributed by atoms with E-state index in [1.165, 1.54) is 0 Å². The summed E-state index contributed by atoms with van der Waals surface area (Å²) in [5.41, 5.74) is 9.72. The number of nitrogens with one attached hydrogen (secondary N) is 1. The van der Waals surface area contributed by atoms with Gasteiger partial charge in [0.05, 0.1) is 28.2 Å². The van der Waals surface area contributed by atoms with Gasteiger partial charge in [-0.25, -0.2) is 0 Å². The second kappa shape index (κ2) is 5.27. The van der Waals surface area contributed by atoms with Gasteiger partial charge in [-0.1, -0.05) is 11.6 Å². The van der Waals surface area contributed by atoms with E-state index in [0.717, 1.165) is 16.7 Å². The highest BCUT2D eigenvalue weighted by Crippen LogP contribution is 2.34. The number of benzene rings is 1. The van der Waals surface area contributed by atoms with Crippen molar-refractivity contribution in [1.29, 1.82) is 5.26 Å². The molecule has 0 saturated heterocycles. The van der Waals surface area contributed by atoms with Gasteiger partial charge in [0.15, 0.2) is 0 Å². The first-order valence-electron chi connectivity index (χ1n) is 6.14. The number of nitrogens with zero attached hydrogens (tertiary/aromatic N) is 3. The Morgan fingerprint density at radius 1 is 1.29 bits per heavy atom. The summed E-state index contributed by atoms with van der Waals surface area (Å²) in [6.45, 7) is 0. The molecule has 0 unspecified atom stereocenters. The molecule has 2 aromatic heterocycles. The van der Waals surface area contributed by atoms with Crippen LogP contribution in [-0.2, 0) is 0 Å². The summed E-state index contributed by atoms with van der Waals surface area (Å²) in [6, 6.07) is 9.15. The van der Waals surface area contributed by atoms with Crippen LogP contribution in [-0.4, -0.2) is 15.2 Å². The summed E-state index contributed by atoms with van der Waals surface area (Å²) >= 11 is 6.18. The van der Waals surface area contributed by atoms with E-state index in [9.17, 15) is 5.26 Å². The van der Waals surface area contributed by atoms with Gasteiger partial charge in [0.2, 0.25) is 0 Å². The molecule has 3 aromatic rings. The molecule has 3 N–H and O–H groups in total. The molecule has 0 aliphatic rings. The van der Waals surface area contributed by atoms with Crippen LogP contribution in [0, 0.1) is 11.3 Å². The Morgan fingerprint density at radius 3 is 2.81 bits per heavy atom. The average molecular weight is 296 g/mol. The summed E-state index contributed by atoms with van der Waals surface area (Å²) in [5.74, 6) is 0. The molecule has 102 valence electrons. The van der Waals surface area contributed by atoms with Crippen LogP contribution >= 0.6 is 11.6 Å². The second-order valence-corrected chi connectivity index (χ2v) is 4.82. The molecular weight excluding hydrogens is 286 g/mol. The van der Waals surface area contributed by atoms with Crippen molar-refractivity contribution < 1.29 is 0 Å². The number of rotatable bonds is 2. The zero-order valence-corrected chi connectivity index (χ0v) is 11.6. The highest BCUT2D eigenvalue weighted by molar-refractivity contribution is 6.33. The van der Waals surface area contributed by atoms with Gasteiger partial charge in [-0.3, -0.25) is 10.1 Å². The summed E-state index contributed by atoms with van der Waals surface area (Å²) in [4.78, 5) is 4.27. The molecule has 0 spiro atoms. The van der Waals surface area contributed by atoms with E-state index in [0.29, 0.717) is 22.0 Å².